The number of urea groups is 1. The largest absolute Gasteiger partial charge is 0.368 e. The van der Waals surface area contributed by atoms with E-state index in [0.717, 1.165) is 36.1 Å². The van der Waals surface area contributed by atoms with Crippen LogP contribution in [0.25, 0.3) is 0 Å². The molecule has 0 radical (unpaired) electrons. The van der Waals surface area contributed by atoms with Crippen molar-refractivity contribution in [3.8, 4) is 0 Å². The number of halogens is 1. The van der Waals surface area contributed by atoms with Crippen LogP contribution in [0.5, 0.6) is 0 Å². The van der Waals surface area contributed by atoms with Crippen LogP contribution < -0.4 is 10.2 Å². The summed E-state index contributed by atoms with van der Waals surface area (Å²) < 4.78 is 6.28. The van der Waals surface area contributed by atoms with E-state index in [0.29, 0.717) is 30.7 Å². The molecule has 0 unspecified atom stereocenters. The van der Waals surface area contributed by atoms with Crippen LogP contribution in [0.4, 0.5) is 10.7 Å². The Morgan fingerprint density at radius 2 is 1.97 bits per heavy atom. The minimum atomic E-state index is -0.431. The second-order valence-corrected chi connectivity index (χ2v) is 8.68. The number of benzene rings is 1. The number of aromatic nitrogens is 2. The molecule has 30 heavy (non-hydrogen) atoms. The van der Waals surface area contributed by atoms with Crippen molar-refractivity contribution >= 4 is 23.6 Å². The zero-order chi connectivity index (χ0) is 21.3. The summed E-state index contributed by atoms with van der Waals surface area (Å²) in [6, 6.07) is 7.41. The first-order chi connectivity index (χ1) is 14.4. The van der Waals surface area contributed by atoms with E-state index in [2.05, 4.69) is 10.3 Å². The van der Waals surface area contributed by atoms with Gasteiger partial charge in [-0.1, -0.05) is 23.7 Å². The molecule has 160 valence electrons. The van der Waals surface area contributed by atoms with Crippen molar-refractivity contribution in [2.75, 3.05) is 38.7 Å². The van der Waals surface area contributed by atoms with Crippen LogP contribution >= 0.6 is 11.6 Å². The number of amides is 2. The summed E-state index contributed by atoms with van der Waals surface area (Å²) >= 11 is 5.96. The lowest BCUT2D eigenvalue weighted by atomic mass is 9.83. The molecule has 8 heteroatoms. The van der Waals surface area contributed by atoms with Gasteiger partial charge in [-0.2, -0.15) is 0 Å². The van der Waals surface area contributed by atoms with Gasteiger partial charge in [0.15, 0.2) is 0 Å². The third kappa shape index (κ3) is 4.09. The number of rotatable bonds is 3. The van der Waals surface area contributed by atoms with Gasteiger partial charge in [-0.25, -0.2) is 14.8 Å². The molecule has 1 N–H and O–H groups in total. The molecule has 1 spiro atoms. The van der Waals surface area contributed by atoms with Crippen molar-refractivity contribution in [2.24, 2.45) is 0 Å². The molecule has 4 rings (SSSR count). The zero-order valence-corrected chi connectivity index (χ0v) is 18.4. The Bertz CT molecular complexity index is 910. The first-order valence-electron chi connectivity index (χ1n) is 10.4. The predicted molar refractivity (Wildman–Crippen MR) is 117 cm³/mol. The average molecular weight is 430 g/mol. The number of piperidine rings is 1. The van der Waals surface area contributed by atoms with Gasteiger partial charge in [0, 0.05) is 38.4 Å². The van der Waals surface area contributed by atoms with E-state index >= 15 is 0 Å². The minimum absolute atomic E-state index is 0.0556. The molecule has 0 saturated carbocycles. The topological polar surface area (TPSA) is 70.6 Å². The maximum absolute atomic E-state index is 12.8. The van der Waals surface area contributed by atoms with E-state index in [4.69, 9.17) is 21.3 Å². The van der Waals surface area contributed by atoms with Gasteiger partial charge in [-0.05, 0) is 49.4 Å². The number of nitrogens with one attached hydrogen (secondary N) is 1. The van der Waals surface area contributed by atoms with E-state index in [-0.39, 0.29) is 12.1 Å². The number of hydrogen-bond donors (Lipinski definition) is 1. The summed E-state index contributed by atoms with van der Waals surface area (Å²) in [5.41, 5.74) is 2.74. The van der Waals surface area contributed by atoms with Gasteiger partial charge in [0.25, 0.3) is 0 Å². The Kier molecular flexibility index (Phi) is 5.84. The van der Waals surface area contributed by atoms with Gasteiger partial charge in [0.2, 0.25) is 5.95 Å². The Hall–Kier alpha value is -2.38. The van der Waals surface area contributed by atoms with Crippen molar-refractivity contribution < 1.29 is 9.53 Å². The van der Waals surface area contributed by atoms with E-state index < -0.39 is 5.60 Å². The second-order valence-electron chi connectivity index (χ2n) is 8.24. The number of carbonyl (C=O) groups is 1. The number of hydrogen-bond acceptors (Lipinski definition) is 5. The van der Waals surface area contributed by atoms with Crippen molar-refractivity contribution in [1.29, 1.82) is 0 Å². The average Bonchev–Trinajstić information content (AvgIpc) is 2.74. The molecule has 1 aromatic heterocycles. The van der Waals surface area contributed by atoms with Crippen LogP contribution in [-0.4, -0.2) is 54.7 Å². The summed E-state index contributed by atoms with van der Waals surface area (Å²) in [6.45, 7) is 3.89. The lowest BCUT2D eigenvalue weighted by Crippen LogP contribution is -2.51. The maximum atomic E-state index is 12.8. The number of fused-ring (bicyclic) bond motifs is 2. The molecule has 1 aromatic carbocycles. The third-order valence-corrected chi connectivity index (χ3v) is 6.25. The van der Waals surface area contributed by atoms with Gasteiger partial charge in [-0.3, -0.25) is 0 Å². The Labute approximate surface area is 182 Å². The second kappa shape index (κ2) is 8.40. The number of nitrogens with zero attached hydrogens (tertiary/aromatic N) is 4. The van der Waals surface area contributed by atoms with Gasteiger partial charge in [0.1, 0.15) is 5.60 Å². The fraction of sp³-hybridized carbons (Fsp3) is 0.500. The van der Waals surface area contributed by atoms with Crippen LogP contribution in [0, 0.1) is 0 Å². The molecular formula is C22H28ClN5O2. The summed E-state index contributed by atoms with van der Waals surface area (Å²) in [5.74, 6) is 0.690. The number of carbonyl (C=O) groups excluding carboxylic acids is 1. The lowest BCUT2D eigenvalue weighted by molar-refractivity contribution is -0.0958. The standard InChI is InChI=1S/C22H28ClN5O2/c1-15(16-4-6-18(23)7-5-16)25-21(29)28-11-9-22(10-12-28)19-17(8-13-30-22)14-24-20(26-19)27(2)3/h4-7,14-15H,8-13H2,1-3H3,(H,25,29)/t15-/m0/s1. The number of anilines is 1. The summed E-state index contributed by atoms with van der Waals surface area (Å²) in [4.78, 5) is 25.9. The minimum Gasteiger partial charge on any atom is -0.368 e. The molecule has 2 amide bonds. The highest BCUT2D eigenvalue weighted by Crippen LogP contribution is 2.40. The van der Waals surface area contributed by atoms with Crippen molar-refractivity contribution in [3.05, 3.63) is 52.3 Å². The molecular weight excluding hydrogens is 402 g/mol. The van der Waals surface area contributed by atoms with Gasteiger partial charge < -0.3 is 19.9 Å². The Morgan fingerprint density at radius 1 is 1.27 bits per heavy atom. The first kappa shape index (κ1) is 20.9. The fourth-order valence-electron chi connectivity index (χ4n) is 4.18. The SMILES string of the molecule is C[C@H](NC(=O)N1CCC2(CC1)OCCc1cnc(N(C)C)nc12)c1ccc(Cl)cc1. The number of likely N-dealkylation sites (tertiary alicyclic amines) is 1. The maximum Gasteiger partial charge on any atom is 0.317 e. The van der Waals surface area contributed by atoms with E-state index in [1.807, 2.05) is 61.3 Å². The van der Waals surface area contributed by atoms with Gasteiger partial charge in [0.05, 0.1) is 18.3 Å². The fourth-order valence-corrected chi connectivity index (χ4v) is 4.30. The molecule has 1 fully saturated rings. The molecule has 2 aromatic rings. The summed E-state index contributed by atoms with van der Waals surface area (Å²) in [6.07, 6.45) is 4.21. The molecule has 0 aliphatic carbocycles. The molecule has 1 saturated heterocycles. The van der Waals surface area contributed by atoms with Crippen LogP contribution in [-0.2, 0) is 16.8 Å². The van der Waals surface area contributed by atoms with Crippen LogP contribution in [0.3, 0.4) is 0 Å². The smallest absolute Gasteiger partial charge is 0.317 e. The van der Waals surface area contributed by atoms with Gasteiger partial charge >= 0.3 is 6.03 Å². The molecule has 7 nitrogen and oxygen atoms in total. The zero-order valence-electron chi connectivity index (χ0n) is 17.7. The number of ether oxygens (including phenoxy) is 1. The van der Waals surface area contributed by atoms with Crippen LogP contribution in [0.1, 0.15) is 42.6 Å². The Morgan fingerprint density at radius 3 is 2.63 bits per heavy atom. The quantitative estimate of drug-likeness (QED) is 0.808. The van der Waals surface area contributed by atoms with Crippen molar-refractivity contribution in [3.63, 3.8) is 0 Å². The molecule has 0 bridgehead atoms. The van der Waals surface area contributed by atoms with E-state index in [1.165, 1.54) is 0 Å². The highest BCUT2D eigenvalue weighted by atomic mass is 35.5. The van der Waals surface area contributed by atoms with E-state index in [9.17, 15) is 4.79 Å². The van der Waals surface area contributed by atoms with Gasteiger partial charge in [-0.15, -0.1) is 0 Å². The molecule has 2 aliphatic rings. The van der Waals surface area contributed by atoms with Crippen LogP contribution in [0.15, 0.2) is 30.5 Å². The summed E-state index contributed by atoms with van der Waals surface area (Å²) in [5, 5.41) is 3.78. The lowest BCUT2D eigenvalue weighted by Gasteiger charge is -2.44. The normalized spacial score (nSPS) is 18.6. The van der Waals surface area contributed by atoms with Crippen molar-refractivity contribution in [1.82, 2.24) is 20.2 Å². The van der Waals surface area contributed by atoms with Crippen molar-refractivity contribution in [2.45, 2.75) is 37.8 Å². The molecule has 2 aliphatic heterocycles. The molecule has 3 heterocycles. The monoisotopic (exact) mass is 429 g/mol. The van der Waals surface area contributed by atoms with E-state index in [1.54, 1.807) is 0 Å². The highest BCUT2D eigenvalue weighted by Gasteiger charge is 2.43. The summed E-state index contributed by atoms with van der Waals surface area (Å²) in [7, 11) is 3.87. The highest BCUT2D eigenvalue weighted by molar-refractivity contribution is 6.30. The van der Waals surface area contributed by atoms with Crippen LogP contribution in [0.2, 0.25) is 5.02 Å². The Balaban J connectivity index is 1.43. The molecule has 1 atom stereocenters. The predicted octanol–water partition coefficient (Wildman–Crippen LogP) is 3.53. The first-order valence-corrected chi connectivity index (χ1v) is 10.7. The third-order valence-electron chi connectivity index (χ3n) is 6.00.